The zero-order valence-corrected chi connectivity index (χ0v) is 14.6. The Labute approximate surface area is 138 Å². The molecule has 3 rings (SSSR count). The summed E-state index contributed by atoms with van der Waals surface area (Å²) in [4.78, 5) is 8.96. The van der Waals surface area contributed by atoms with Gasteiger partial charge in [0, 0.05) is 24.5 Å². The van der Waals surface area contributed by atoms with Gasteiger partial charge in [0.1, 0.15) is 12.4 Å². The highest BCUT2D eigenvalue weighted by Gasteiger charge is 2.52. The molecule has 7 heteroatoms. The van der Waals surface area contributed by atoms with E-state index < -0.39 is 7.12 Å². The molecule has 0 amide bonds. The molecular formula is C16H25BN2O4. The van der Waals surface area contributed by atoms with E-state index in [1.165, 1.54) is 0 Å². The number of ether oxygens (including phenoxy) is 2. The van der Waals surface area contributed by atoms with Gasteiger partial charge in [0.05, 0.1) is 11.2 Å². The standard InChI is InChI=1S/C16H25BN2O4/c1-6-20-11-21-16(7-8-16)13-18-9-12(10-19-13)17-22-14(2,3)15(4,5)23-17/h9-10H,6-8,11H2,1-5H3. The molecule has 0 spiro atoms. The van der Waals surface area contributed by atoms with E-state index in [0.717, 1.165) is 18.3 Å². The van der Waals surface area contributed by atoms with Gasteiger partial charge in [-0.1, -0.05) is 0 Å². The Morgan fingerprint density at radius 3 is 2.13 bits per heavy atom. The van der Waals surface area contributed by atoms with Gasteiger partial charge in [-0.3, -0.25) is 0 Å². The number of rotatable bonds is 6. The normalized spacial score (nSPS) is 24.0. The molecule has 2 fully saturated rings. The molecule has 0 atom stereocenters. The van der Waals surface area contributed by atoms with Gasteiger partial charge in [0.25, 0.3) is 0 Å². The molecule has 1 aliphatic carbocycles. The lowest BCUT2D eigenvalue weighted by Gasteiger charge is -2.32. The molecule has 0 N–H and O–H groups in total. The first-order valence-corrected chi connectivity index (χ1v) is 8.19. The summed E-state index contributed by atoms with van der Waals surface area (Å²) in [5.41, 5.74) is -0.277. The number of aromatic nitrogens is 2. The molecule has 0 aromatic carbocycles. The molecule has 1 aliphatic heterocycles. The Bertz CT molecular complexity index is 542. The second kappa shape index (κ2) is 5.81. The molecule has 23 heavy (non-hydrogen) atoms. The Kier molecular flexibility index (Phi) is 4.25. The smallest absolute Gasteiger partial charge is 0.399 e. The minimum Gasteiger partial charge on any atom is -0.399 e. The summed E-state index contributed by atoms with van der Waals surface area (Å²) < 4.78 is 23.1. The molecule has 6 nitrogen and oxygen atoms in total. The van der Waals surface area contributed by atoms with Crippen LogP contribution in [-0.2, 0) is 24.4 Å². The maximum Gasteiger partial charge on any atom is 0.498 e. The van der Waals surface area contributed by atoms with Crippen LogP contribution >= 0.6 is 0 Å². The van der Waals surface area contributed by atoms with Crippen LogP contribution in [0.4, 0.5) is 0 Å². The Morgan fingerprint density at radius 1 is 1.09 bits per heavy atom. The van der Waals surface area contributed by atoms with E-state index in [4.69, 9.17) is 18.8 Å². The summed E-state index contributed by atoms with van der Waals surface area (Å²) in [6.45, 7) is 11.0. The van der Waals surface area contributed by atoms with Crippen LogP contribution in [0.15, 0.2) is 12.4 Å². The Morgan fingerprint density at radius 2 is 1.65 bits per heavy atom. The predicted octanol–water partition coefficient (Wildman–Crippen LogP) is 1.78. The average Bonchev–Trinajstić information content (AvgIpc) is 3.23. The van der Waals surface area contributed by atoms with E-state index >= 15 is 0 Å². The summed E-state index contributed by atoms with van der Waals surface area (Å²) in [7, 11) is -0.437. The van der Waals surface area contributed by atoms with Gasteiger partial charge < -0.3 is 18.8 Å². The summed E-state index contributed by atoms with van der Waals surface area (Å²) in [6.07, 6.45) is 5.40. The van der Waals surface area contributed by atoms with Gasteiger partial charge in [0.2, 0.25) is 0 Å². The highest BCUT2D eigenvalue weighted by Crippen LogP contribution is 2.47. The largest absolute Gasteiger partial charge is 0.498 e. The van der Waals surface area contributed by atoms with Crippen molar-refractivity contribution in [1.29, 1.82) is 0 Å². The van der Waals surface area contributed by atoms with Crippen molar-refractivity contribution in [2.75, 3.05) is 13.4 Å². The monoisotopic (exact) mass is 320 g/mol. The first-order valence-electron chi connectivity index (χ1n) is 8.19. The van der Waals surface area contributed by atoms with Crippen molar-refractivity contribution in [3.05, 3.63) is 18.2 Å². The summed E-state index contributed by atoms with van der Waals surface area (Å²) in [5.74, 6) is 0.706. The zero-order chi connectivity index (χ0) is 16.7. The van der Waals surface area contributed by atoms with E-state index in [0.29, 0.717) is 12.4 Å². The van der Waals surface area contributed by atoms with Crippen LogP contribution in [0, 0.1) is 0 Å². The van der Waals surface area contributed by atoms with Crippen molar-refractivity contribution in [2.45, 2.75) is 64.3 Å². The highest BCUT2D eigenvalue weighted by atomic mass is 16.7. The first kappa shape index (κ1) is 16.8. The van der Waals surface area contributed by atoms with Crippen LogP contribution in [0.1, 0.15) is 53.3 Å². The van der Waals surface area contributed by atoms with Gasteiger partial charge in [-0.15, -0.1) is 0 Å². The van der Waals surface area contributed by atoms with Gasteiger partial charge in [-0.05, 0) is 47.5 Å². The second-order valence-corrected chi connectivity index (χ2v) is 7.18. The van der Waals surface area contributed by atoms with Crippen molar-refractivity contribution in [3.8, 4) is 0 Å². The van der Waals surface area contributed by atoms with Crippen LogP contribution in [0.2, 0.25) is 0 Å². The van der Waals surface area contributed by atoms with Crippen LogP contribution < -0.4 is 5.46 Å². The minimum atomic E-state index is -0.437. The fraction of sp³-hybridized carbons (Fsp3) is 0.750. The summed E-state index contributed by atoms with van der Waals surface area (Å²) in [5, 5.41) is 0. The highest BCUT2D eigenvalue weighted by molar-refractivity contribution is 6.61. The summed E-state index contributed by atoms with van der Waals surface area (Å²) in [6, 6.07) is 0. The van der Waals surface area contributed by atoms with E-state index in [1.54, 1.807) is 12.4 Å². The van der Waals surface area contributed by atoms with Crippen molar-refractivity contribution in [1.82, 2.24) is 9.97 Å². The molecule has 1 aromatic rings. The van der Waals surface area contributed by atoms with Crippen molar-refractivity contribution in [2.24, 2.45) is 0 Å². The molecule has 1 saturated carbocycles. The molecule has 0 bridgehead atoms. The average molecular weight is 320 g/mol. The van der Waals surface area contributed by atoms with E-state index in [1.807, 2.05) is 34.6 Å². The number of hydrogen-bond acceptors (Lipinski definition) is 6. The third-order valence-electron chi connectivity index (χ3n) is 4.93. The first-order chi connectivity index (χ1) is 10.8. The molecule has 0 unspecified atom stereocenters. The van der Waals surface area contributed by atoms with Crippen LogP contribution in [0.3, 0.4) is 0 Å². The van der Waals surface area contributed by atoms with Gasteiger partial charge in [-0.25, -0.2) is 9.97 Å². The lowest BCUT2D eigenvalue weighted by molar-refractivity contribution is -0.104. The van der Waals surface area contributed by atoms with Gasteiger partial charge in [0.15, 0.2) is 5.82 Å². The predicted molar refractivity (Wildman–Crippen MR) is 86.2 cm³/mol. The second-order valence-electron chi connectivity index (χ2n) is 7.18. The number of nitrogens with zero attached hydrogens (tertiary/aromatic N) is 2. The molecule has 0 radical (unpaired) electrons. The fourth-order valence-electron chi connectivity index (χ4n) is 2.46. The maximum absolute atomic E-state index is 6.02. The van der Waals surface area contributed by atoms with E-state index in [-0.39, 0.29) is 23.6 Å². The lowest BCUT2D eigenvalue weighted by Crippen LogP contribution is -2.41. The quantitative estimate of drug-likeness (QED) is 0.452. The van der Waals surface area contributed by atoms with Crippen molar-refractivity contribution >= 4 is 12.6 Å². The maximum atomic E-state index is 6.02. The lowest BCUT2D eigenvalue weighted by atomic mass is 9.81. The Hall–Kier alpha value is -1.02. The van der Waals surface area contributed by atoms with Gasteiger partial charge >= 0.3 is 7.12 Å². The molecule has 126 valence electrons. The van der Waals surface area contributed by atoms with Crippen molar-refractivity contribution in [3.63, 3.8) is 0 Å². The topological polar surface area (TPSA) is 62.7 Å². The fourth-order valence-corrected chi connectivity index (χ4v) is 2.46. The number of hydrogen-bond donors (Lipinski definition) is 0. The van der Waals surface area contributed by atoms with E-state index in [9.17, 15) is 0 Å². The molecule has 2 aliphatic rings. The van der Waals surface area contributed by atoms with Crippen molar-refractivity contribution < 1.29 is 18.8 Å². The third-order valence-corrected chi connectivity index (χ3v) is 4.93. The van der Waals surface area contributed by atoms with E-state index in [2.05, 4.69) is 9.97 Å². The Balaban J connectivity index is 1.69. The van der Waals surface area contributed by atoms with Gasteiger partial charge in [-0.2, -0.15) is 0 Å². The van der Waals surface area contributed by atoms with Crippen LogP contribution in [0.25, 0.3) is 0 Å². The third kappa shape index (κ3) is 3.15. The van der Waals surface area contributed by atoms with Crippen LogP contribution in [0.5, 0.6) is 0 Å². The van der Waals surface area contributed by atoms with Crippen LogP contribution in [-0.4, -0.2) is 41.7 Å². The minimum absolute atomic E-state index is 0.277. The molecular weight excluding hydrogens is 295 g/mol. The zero-order valence-electron chi connectivity index (χ0n) is 14.6. The molecule has 2 heterocycles. The molecule has 1 saturated heterocycles. The SMILES string of the molecule is CCOCOC1(c2ncc(B3OC(C)(C)C(C)(C)O3)cn2)CC1. The molecule has 1 aromatic heterocycles. The summed E-state index contributed by atoms with van der Waals surface area (Å²) >= 11 is 0.